The Balaban J connectivity index is 1.71. The normalized spacial score (nSPS) is 11.0. The number of benzene rings is 1. The number of aromatic nitrogens is 3. The first kappa shape index (κ1) is 16.5. The molecule has 5 nitrogen and oxygen atoms in total. The molecule has 0 spiro atoms. The van der Waals surface area contributed by atoms with Gasteiger partial charge in [-0.15, -0.1) is 11.3 Å². The highest BCUT2D eigenvalue weighted by atomic mass is 32.1. The largest absolute Gasteiger partial charge is 0.359 e. The van der Waals surface area contributed by atoms with Crippen molar-refractivity contribution in [2.24, 2.45) is 0 Å². The van der Waals surface area contributed by atoms with Gasteiger partial charge in [-0.05, 0) is 54.4 Å². The van der Waals surface area contributed by atoms with Gasteiger partial charge in [-0.25, -0.2) is 4.98 Å². The third-order valence-electron chi connectivity index (χ3n) is 4.35. The predicted molar refractivity (Wildman–Crippen MR) is 105 cm³/mol. The van der Waals surface area contributed by atoms with Crippen LogP contribution in [0.4, 0.5) is 0 Å². The van der Waals surface area contributed by atoms with Gasteiger partial charge in [-0.3, -0.25) is 9.89 Å². The second-order valence-corrected chi connectivity index (χ2v) is 7.24. The number of aryl methyl sites for hydroxylation is 1. The van der Waals surface area contributed by atoms with Crippen molar-refractivity contribution in [1.82, 2.24) is 20.5 Å². The van der Waals surface area contributed by atoms with E-state index in [1.165, 1.54) is 0 Å². The molecule has 0 saturated heterocycles. The zero-order valence-electron chi connectivity index (χ0n) is 14.5. The molecule has 0 radical (unpaired) electrons. The van der Waals surface area contributed by atoms with Gasteiger partial charge in [-0.1, -0.05) is 6.07 Å². The molecule has 0 atom stereocenters. The van der Waals surface area contributed by atoms with Crippen LogP contribution in [0.5, 0.6) is 0 Å². The zero-order chi connectivity index (χ0) is 18.1. The van der Waals surface area contributed by atoms with Gasteiger partial charge in [0.1, 0.15) is 0 Å². The molecule has 0 fully saturated rings. The summed E-state index contributed by atoms with van der Waals surface area (Å²) >= 11 is 1.69. The van der Waals surface area contributed by atoms with Crippen LogP contribution in [-0.2, 0) is 11.2 Å². The highest BCUT2D eigenvalue weighted by molar-refractivity contribution is 7.18. The molecule has 1 amide bonds. The lowest BCUT2D eigenvalue weighted by Gasteiger charge is -2.08. The van der Waals surface area contributed by atoms with E-state index < -0.39 is 0 Å². The predicted octanol–water partition coefficient (Wildman–Crippen LogP) is 3.95. The Kier molecular flexibility index (Phi) is 4.26. The third kappa shape index (κ3) is 3.11. The first-order valence-corrected chi connectivity index (χ1v) is 9.16. The highest BCUT2D eigenvalue weighted by Gasteiger charge is 2.11. The molecule has 4 aromatic rings. The molecule has 0 bridgehead atoms. The Labute approximate surface area is 155 Å². The van der Waals surface area contributed by atoms with Crippen molar-refractivity contribution in [2.75, 3.05) is 7.05 Å². The fourth-order valence-corrected chi connectivity index (χ4v) is 3.91. The van der Waals surface area contributed by atoms with Crippen LogP contribution in [0.2, 0.25) is 0 Å². The molecule has 0 saturated carbocycles. The van der Waals surface area contributed by atoms with Crippen LogP contribution in [0, 0.1) is 6.92 Å². The maximum absolute atomic E-state index is 11.6. The number of likely N-dealkylation sites (N-methyl/N-ethyl adjacent to an activating group) is 1. The number of nitrogens with one attached hydrogen (secondary N) is 2. The molecular formula is C20H18N4OS. The van der Waals surface area contributed by atoms with E-state index in [1.807, 2.05) is 18.2 Å². The van der Waals surface area contributed by atoms with Crippen LogP contribution >= 0.6 is 11.3 Å². The Hall–Kier alpha value is -2.99. The number of carbonyl (C=O) groups excluding carboxylic acids is 1. The lowest BCUT2D eigenvalue weighted by molar-refractivity contribution is -0.119. The standard InChI is InChI=1S/C20H18N4OS/c1-12-9-17(19-6-5-18(26-19)16-7-8-22-24-16)23-15-4-3-13(10-14(12)15)11-20(25)21-2/h3-10H,11H2,1-2H3,(H,21,25)(H,22,24). The van der Waals surface area contributed by atoms with Gasteiger partial charge in [0.05, 0.1) is 33.1 Å². The minimum absolute atomic E-state index is 0.0107. The molecule has 1 aromatic carbocycles. The van der Waals surface area contributed by atoms with Gasteiger partial charge < -0.3 is 5.32 Å². The Morgan fingerprint density at radius 2 is 2.00 bits per heavy atom. The van der Waals surface area contributed by atoms with Gasteiger partial charge in [0.15, 0.2) is 0 Å². The van der Waals surface area contributed by atoms with Gasteiger partial charge in [0.25, 0.3) is 0 Å². The summed E-state index contributed by atoms with van der Waals surface area (Å²) < 4.78 is 0. The van der Waals surface area contributed by atoms with E-state index in [-0.39, 0.29) is 5.91 Å². The van der Waals surface area contributed by atoms with Crippen molar-refractivity contribution in [3.05, 3.63) is 59.8 Å². The summed E-state index contributed by atoms with van der Waals surface area (Å²) in [5.74, 6) is 0.0107. The number of rotatable bonds is 4. The molecule has 3 aromatic heterocycles. The van der Waals surface area contributed by atoms with Crippen molar-refractivity contribution in [3.63, 3.8) is 0 Å². The van der Waals surface area contributed by atoms with E-state index in [2.05, 4.69) is 46.7 Å². The zero-order valence-corrected chi connectivity index (χ0v) is 15.4. The molecule has 0 unspecified atom stereocenters. The Bertz CT molecular complexity index is 1080. The maximum Gasteiger partial charge on any atom is 0.224 e. The molecule has 4 rings (SSSR count). The van der Waals surface area contributed by atoms with Gasteiger partial charge >= 0.3 is 0 Å². The first-order valence-electron chi connectivity index (χ1n) is 8.35. The molecule has 3 heterocycles. The molecule has 2 N–H and O–H groups in total. The molecule has 0 aliphatic carbocycles. The van der Waals surface area contributed by atoms with Crippen molar-refractivity contribution in [1.29, 1.82) is 0 Å². The van der Waals surface area contributed by atoms with E-state index in [1.54, 1.807) is 24.6 Å². The van der Waals surface area contributed by atoms with Crippen molar-refractivity contribution >= 4 is 28.1 Å². The number of pyridine rings is 1. The summed E-state index contributed by atoms with van der Waals surface area (Å²) in [6.07, 6.45) is 2.13. The lowest BCUT2D eigenvalue weighted by Crippen LogP contribution is -2.19. The van der Waals surface area contributed by atoms with E-state index >= 15 is 0 Å². The first-order chi connectivity index (χ1) is 12.6. The smallest absolute Gasteiger partial charge is 0.224 e. The van der Waals surface area contributed by atoms with Crippen LogP contribution in [0.15, 0.2) is 48.7 Å². The number of fused-ring (bicyclic) bond motifs is 1. The number of H-pyrrole nitrogens is 1. The monoisotopic (exact) mass is 362 g/mol. The lowest BCUT2D eigenvalue weighted by atomic mass is 10.0. The second kappa shape index (κ2) is 6.72. The van der Waals surface area contributed by atoms with Gasteiger partial charge in [0.2, 0.25) is 5.91 Å². The van der Waals surface area contributed by atoms with Crippen molar-refractivity contribution < 1.29 is 4.79 Å². The number of aromatic amines is 1. The summed E-state index contributed by atoms with van der Waals surface area (Å²) in [4.78, 5) is 18.7. The van der Waals surface area contributed by atoms with Crippen molar-refractivity contribution in [3.8, 4) is 21.1 Å². The highest BCUT2D eigenvalue weighted by Crippen LogP contribution is 2.34. The average molecular weight is 362 g/mol. The van der Waals surface area contributed by atoms with Crippen LogP contribution in [-0.4, -0.2) is 28.1 Å². The van der Waals surface area contributed by atoms with Crippen LogP contribution in [0.3, 0.4) is 0 Å². The average Bonchev–Trinajstić information content (AvgIpc) is 3.33. The van der Waals surface area contributed by atoms with E-state index in [4.69, 9.17) is 4.98 Å². The second-order valence-electron chi connectivity index (χ2n) is 6.16. The third-order valence-corrected chi connectivity index (χ3v) is 5.49. The molecule has 26 heavy (non-hydrogen) atoms. The van der Waals surface area contributed by atoms with E-state index in [0.717, 1.165) is 43.2 Å². The SMILES string of the molecule is CNC(=O)Cc1ccc2nc(-c3ccc(-c4ccn[nH]4)s3)cc(C)c2c1. The molecule has 6 heteroatoms. The fourth-order valence-electron chi connectivity index (χ4n) is 2.96. The summed E-state index contributed by atoms with van der Waals surface area (Å²) in [6.45, 7) is 2.08. The number of hydrogen-bond acceptors (Lipinski definition) is 4. The topological polar surface area (TPSA) is 70.7 Å². The molecule has 0 aliphatic heterocycles. The minimum atomic E-state index is 0.0107. The molecular weight excluding hydrogens is 344 g/mol. The van der Waals surface area contributed by atoms with Crippen LogP contribution < -0.4 is 5.32 Å². The van der Waals surface area contributed by atoms with E-state index in [9.17, 15) is 4.79 Å². The fraction of sp³-hybridized carbons (Fsp3) is 0.150. The van der Waals surface area contributed by atoms with Gasteiger partial charge in [-0.2, -0.15) is 5.10 Å². The molecule has 130 valence electrons. The summed E-state index contributed by atoms with van der Waals surface area (Å²) in [7, 11) is 1.65. The van der Waals surface area contributed by atoms with Crippen LogP contribution in [0.25, 0.3) is 32.0 Å². The number of thiophene rings is 1. The Morgan fingerprint density at radius 3 is 2.77 bits per heavy atom. The number of nitrogens with zero attached hydrogens (tertiary/aromatic N) is 2. The minimum Gasteiger partial charge on any atom is -0.359 e. The van der Waals surface area contributed by atoms with E-state index in [0.29, 0.717) is 6.42 Å². The Morgan fingerprint density at radius 1 is 1.15 bits per heavy atom. The summed E-state index contributed by atoms with van der Waals surface area (Å²) in [5.41, 5.74) is 5.06. The number of hydrogen-bond donors (Lipinski definition) is 2. The number of amides is 1. The number of carbonyl (C=O) groups is 1. The summed E-state index contributed by atoms with van der Waals surface area (Å²) in [6, 6.07) is 14.3. The van der Waals surface area contributed by atoms with Crippen molar-refractivity contribution in [2.45, 2.75) is 13.3 Å². The quantitative estimate of drug-likeness (QED) is 0.577. The maximum atomic E-state index is 11.6. The van der Waals surface area contributed by atoms with Gasteiger partial charge in [0, 0.05) is 18.6 Å². The van der Waals surface area contributed by atoms with Crippen LogP contribution in [0.1, 0.15) is 11.1 Å². The summed E-state index contributed by atoms with van der Waals surface area (Å²) in [5, 5.41) is 10.7. The molecule has 0 aliphatic rings.